The van der Waals surface area contributed by atoms with Crippen molar-refractivity contribution in [2.75, 3.05) is 38.2 Å². The standard InChI is InChI=1S/C31H48N2O4/c1-3-4-7-12-26(34)19-17-25-18-20-29(35)27(25)13-8-5-6-9-16-31(36)33-23-21-32(22-24-33)28-14-10-11-15-30(28)37-2/h10-11,14-15,17,19,25-27,34H,3-9,12-13,16,18,20-24H2,1-2H3. The molecule has 0 spiro atoms. The number of carbonyl (C=O) groups excluding carboxylic acids is 2. The van der Waals surface area contributed by atoms with E-state index in [4.69, 9.17) is 4.74 Å². The number of piperazine rings is 1. The minimum Gasteiger partial charge on any atom is -0.495 e. The molecule has 1 saturated carbocycles. The van der Waals surface area contributed by atoms with E-state index in [1.807, 2.05) is 29.2 Å². The molecule has 1 aromatic carbocycles. The molecule has 1 heterocycles. The van der Waals surface area contributed by atoms with Crippen molar-refractivity contribution in [3.8, 4) is 5.75 Å². The minimum absolute atomic E-state index is 0.111. The third-order valence-corrected chi connectivity index (χ3v) is 8.05. The number of nitrogens with zero attached hydrogens (tertiary/aromatic N) is 2. The summed E-state index contributed by atoms with van der Waals surface area (Å²) in [6, 6.07) is 8.05. The van der Waals surface area contributed by atoms with Crippen LogP contribution in [0.4, 0.5) is 5.69 Å². The van der Waals surface area contributed by atoms with Crippen molar-refractivity contribution in [1.29, 1.82) is 0 Å². The van der Waals surface area contributed by atoms with Crippen LogP contribution in [0.25, 0.3) is 0 Å². The maximum Gasteiger partial charge on any atom is 0.222 e. The lowest BCUT2D eigenvalue weighted by Crippen LogP contribution is -2.48. The van der Waals surface area contributed by atoms with E-state index in [-0.39, 0.29) is 23.8 Å². The van der Waals surface area contributed by atoms with E-state index in [0.29, 0.717) is 18.6 Å². The van der Waals surface area contributed by atoms with Crippen LogP contribution in [0.1, 0.15) is 84.0 Å². The number of benzene rings is 1. The lowest BCUT2D eigenvalue weighted by molar-refractivity contribution is -0.131. The van der Waals surface area contributed by atoms with Crippen molar-refractivity contribution in [2.45, 2.75) is 90.1 Å². The van der Waals surface area contributed by atoms with E-state index < -0.39 is 0 Å². The summed E-state index contributed by atoms with van der Waals surface area (Å²) in [5.41, 5.74) is 1.10. The molecule has 0 radical (unpaired) electrons. The molecule has 0 aromatic heterocycles. The topological polar surface area (TPSA) is 70.1 Å². The molecule has 1 aromatic rings. The molecule has 3 atom stereocenters. The number of Topliss-reactive ketones (excluding diaryl/α,β-unsaturated/α-hetero) is 1. The Bertz CT molecular complexity index is 863. The van der Waals surface area contributed by atoms with Gasteiger partial charge in [-0.3, -0.25) is 9.59 Å². The summed E-state index contributed by atoms with van der Waals surface area (Å²) < 4.78 is 5.49. The third kappa shape index (κ3) is 9.17. The molecule has 6 nitrogen and oxygen atoms in total. The molecule has 1 saturated heterocycles. The number of anilines is 1. The van der Waals surface area contributed by atoms with E-state index >= 15 is 0 Å². The van der Waals surface area contributed by atoms with Gasteiger partial charge in [-0.15, -0.1) is 0 Å². The van der Waals surface area contributed by atoms with Crippen molar-refractivity contribution in [3.05, 3.63) is 36.4 Å². The summed E-state index contributed by atoms with van der Waals surface area (Å²) in [5, 5.41) is 10.2. The van der Waals surface area contributed by atoms with Gasteiger partial charge in [-0.1, -0.05) is 69.7 Å². The van der Waals surface area contributed by atoms with Crippen molar-refractivity contribution in [3.63, 3.8) is 0 Å². The van der Waals surface area contributed by atoms with E-state index in [2.05, 4.69) is 24.0 Å². The second kappa shape index (κ2) is 15.8. The van der Waals surface area contributed by atoms with Gasteiger partial charge >= 0.3 is 0 Å². The predicted octanol–water partition coefficient (Wildman–Crippen LogP) is 5.78. The number of hydrogen-bond acceptors (Lipinski definition) is 5. The van der Waals surface area contributed by atoms with Gasteiger partial charge in [0, 0.05) is 44.9 Å². The molecule has 2 fully saturated rings. The highest BCUT2D eigenvalue weighted by Crippen LogP contribution is 2.34. The highest BCUT2D eigenvalue weighted by Gasteiger charge is 2.32. The van der Waals surface area contributed by atoms with Gasteiger partial charge in [-0.05, 0) is 43.7 Å². The molecule has 206 valence electrons. The van der Waals surface area contributed by atoms with Gasteiger partial charge < -0.3 is 19.6 Å². The van der Waals surface area contributed by atoms with E-state index in [9.17, 15) is 14.7 Å². The second-order valence-corrected chi connectivity index (χ2v) is 10.7. The second-order valence-electron chi connectivity index (χ2n) is 10.7. The molecule has 1 amide bonds. The Labute approximate surface area is 224 Å². The summed E-state index contributed by atoms with van der Waals surface area (Å²) in [6.07, 6.45) is 15.0. The van der Waals surface area contributed by atoms with Crippen LogP contribution in [0.3, 0.4) is 0 Å². The number of aliphatic hydroxyl groups is 1. The van der Waals surface area contributed by atoms with Gasteiger partial charge in [-0.25, -0.2) is 0 Å². The van der Waals surface area contributed by atoms with Crippen molar-refractivity contribution in [1.82, 2.24) is 4.90 Å². The first-order valence-corrected chi connectivity index (χ1v) is 14.6. The molecule has 0 bridgehead atoms. The first-order chi connectivity index (χ1) is 18.0. The van der Waals surface area contributed by atoms with Gasteiger partial charge in [0.05, 0.1) is 18.9 Å². The van der Waals surface area contributed by atoms with Gasteiger partial charge in [0.25, 0.3) is 0 Å². The van der Waals surface area contributed by atoms with Crippen LogP contribution in [0.2, 0.25) is 0 Å². The van der Waals surface area contributed by atoms with Gasteiger partial charge in [0.2, 0.25) is 5.91 Å². The zero-order chi connectivity index (χ0) is 26.5. The Morgan fingerprint density at radius 1 is 1.08 bits per heavy atom. The third-order valence-electron chi connectivity index (χ3n) is 8.05. The van der Waals surface area contributed by atoms with Crippen LogP contribution in [0.5, 0.6) is 5.75 Å². The SMILES string of the molecule is CCCCCC(O)C=CC1CCC(=O)C1CCCCCCC(=O)N1CCN(c2ccccc2OC)CC1. The van der Waals surface area contributed by atoms with Crippen LogP contribution in [-0.4, -0.2) is 61.1 Å². The highest BCUT2D eigenvalue weighted by molar-refractivity contribution is 5.83. The molecule has 6 heteroatoms. The number of rotatable bonds is 15. The fourth-order valence-electron chi connectivity index (χ4n) is 5.75. The normalized spacial score (nSPS) is 21.1. The van der Waals surface area contributed by atoms with E-state index in [1.165, 1.54) is 0 Å². The first-order valence-electron chi connectivity index (χ1n) is 14.6. The quantitative estimate of drug-likeness (QED) is 0.238. The fourth-order valence-corrected chi connectivity index (χ4v) is 5.75. The number of unbranched alkanes of at least 4 members (excludes halogenated alkanes) is 5. The van der Waals surface area contributed by atoms with Crippen molar-refractivity contribution < 1.29 is 19.4 Å². The number of ketones is 1. The van der Waals surface area contributed by atoms with Crippen LogP contribution in [0.15, 0.2) is 36.4 Å². The lowest BCUT2D eigenvalue weighted by atomic mass is 9.89. The molecule has 3 unspecified atom stereocenters. The number of hydrogen-bond donors (Lipinski definition) is 1. The van der Waals surface area contributed by atoms with Crippen LogP contribution < -0.4 is 9.64 Å². The minimum atomic E-state index is -0.385. The predicted molar refractivity (Wildman–Crippen MR) is 150 cm³/mol. The maximum absolute atomic E-state index is 12.7. The average Bonchev–Trinajstić information content (AvgIpc) is 3.28. The Morgan fingerprint density at radius 3 is 2.59 bits per heavy atom. The summed E-state index contributed by atoms with van der Waals surface area (Å²) in [6.45, 7) is 5.33. The largest absolute Gasteiger partial charge is 0.495 e. The number of amides is 1. The van der Waals surface area contributed by atoms with E-state index in [1.54, 1.807) is 7.11 Å². The van der Waals surface area contributed by atoms with Crippen LogP contribution in [0, 0.1) is 11.8 Å². The summed E-state index contributed by atoms with van der Waals surface area (Å²) in [7, 11) is 1.70. The Balaban J connectivity index is 1.29. The zero-order valence-electron chi connectivity index (χ0n) is 23.1. The lowest BCUT2D eigenvalue weighted by Gasteiger charge is -2.36. The number of aliphatic hydroxyl groups excluding tert-OH is 1. The summed E-state index contributed by atoms with van der Waals surface area (Å²) in [5.74, 6) is 1.92. The number of carbonyl (C=O) groups is 2. The molecule has 1 aliphatic carbocycles. The fraction of sp³-hybridized carbons (Fsp3) is 0.677. The average molecular weight is 513 g/mol. The summed E-state index contributed by atoms with van der Waals surface area (Å²) in [4.78, 5) is 29.4. The van der Waals surface area contributed by atoms with Crippen LogP contribution >= 0.6 is 0 Å². The maximum atomic E-state index is 12.7. The number of allylic oxidation sites excluding steroid dienone is 1. The molecule has 3 rings (SSSR count). The summed E-state index contributed by atoms with van der Waals surface area (Å²) >= 11 is 0. The molecule has 2 aliphatic rings. The first kappa shape index (κ1) is 29.2. The Hall–Kier alpha value is -2.34. The van der Waals surface area contributed by atoms with Gasteiger partial charge in [0.1, 0.15) is 11.5 Å². The smallest absolute Gasteiger partial charge is 0.222 e. The Kier molecular flexibility index (Phi) is 12.5. The highest BCUT2D eigenvalue weighted by atomic mass is 16.5. The molecule has 1 N–H and O–H groups in total. The van der Waals surface area contributed by atoms with Crippen molar-refractivity contribution in [2.24, 2.45) is 11.8 Å². The van der Waals surface area contributed by atoms with Gasteiger partial charge in [0.15, 0.2) is 0 Å². The van der Waals surface area contributed by atoms with Crippen molar-refractivity contribution >= 4 is 17.4 Å². The molecular weight excluding hydrogens is 464 g/mol. The molecule has 1 aliphatic heterocycles. The zero-order valence-corrected chi connectivity index (χ0v) is 23.1. The number of para-hydroxylation sites is 2. The van der Waals surface area contributed by atoms with Gasteiger partial charge in [-0.2, -0.15) is 0 Å². The monoisotopic (exact) mass is 512 g/mol. The van der Waals surface area contributed by atoms with E-state index in [0.717, 1.165) is 102 Å². The molecular formula is C31H48N2O4. The number of ether oxygens (including phenoxy) is 1. The Morgan fingerprint density at radius 2 is 1.84 bits per heavy atom. The number of methoxy groups -OCH3 is 1. The van der Waals surface area contributed by atoms with Crippen LogP contribution in [-0.2, 0) is 9.59 Å². The molecule has 37 heavy (non-hydrogen) atoms.